The number of likely N-dealkylation sites (N-methyl/N-ethyl adjacent to an activating group) is 2. The van der Waals surface area contributed by atoms with Gasteiger partial charge in [0.25, 0.3) is 0 Å². The number of Topliss-reactive ketones (excluding diaryl/α,β-unsaturated/α-hetero) is 1. The number of carbonyl (C=O) groups excluding carboxylic acids is 1. The van der Waals surface area contributed by atoms with E-state index in [1.807, 2.05) is 30.3 Å². The van der Waals surface area contributed by atoms with E-state index in [2.05, 4.69) is 19.0 Å². The van der Waals surface area contributed by atoms with Crippen LogP contribution in [0.2, 0.25) is 0 Å². The van der Waals surface area contributed by atoms with E-state index in [1.165, 1.54) is 0 Å². The molecule has 92 valence electrons. The number of nitrogens with zero attached hydrogens (tertiary/aromatic N) is 2. The minimum absolute atomic E-state index is 0.262. The number of ketones is 1. The molecule has 1 aromatic rings. The van der Waals surface area contributed by atoms with E-state index < -0.39 is 0 Å². The van der Waals surface area contributed by atoms with Crippen molar-refractivity contribution in [1.82, 2.24) is 4.90 Å². The van der Waals surface area contributed by atoms with Crippen LogP contribution in [0, 0.1) is 0 Å². The summed E-state index contributed by atoms with van der Waals surface area (Å²) in [5.41, 5.74) is 0.839. The van der Waals surface area contributed by atoms with Gasteiger partial charge in [-0.25, -0.2) is 0 Å². The molecule has 3 nitrogen and oxygen atoms in total. The monoisotopic (exact) mass is 233 g/mol. The molecule has 1 fully saturated rings. The highest BCUT2D eigenvalue weighted by Gasteiger charge is 2.29. The van der Waals surface area contributed by atoms with Crippen molar-refractivity contribution >= 4 is 5.78 Å². The van der Waals surface area contributed by atoms with Gasteiger partial charge in [-0.3, -0.25) is 9.69 Å². The van der Waals surface area contributed by atoms with Gasteiger partial charge in [-0.2, -0.15) is 0 Å². The fourth-order valence-corrected chi connectivity index (χ4v) is 2.27. The topological polar surface area (TPSA) is 20.3 Å². The van der Waals surface area contributed by atoms with Gasteiger partial charge in [0, 0.05) is 18.7 Å². The number of hydrogen-bond donors (Lipinski definition) is 0. The summed E-state index contributed by atoms with van der Waals surface area (Å²) < 4.78 is 0.873. The van der Waals surface area contributed by atoms with Gasteiger partial charge < -0.3 is 4.48 Å². The molecule has 0 saturated carbocycles. The maximum absolute atomic E-state index is 12.2. The standard InChI is InChI=1S/C14H21N2O/c1-15-8-10-16(2,11-9-15)12-14(17)13-6-4-3-5-7-13/h3-7H,8-12H2,1-2H3/q+1. The average molecular weight is 233 g/mol. The van der Waals surface area contributed by atoms with Crippen molar-refractivity contribution in [2.24, 2.45) is 0 Å². The SMILES string of the molecule is CN1CC[N+](C)(CC(=O)c2ccccc2)CC1. The molecule has 1 heterocycles. The van der Waals surface area contributed by atoms with Crippen LogP contribution in [0.5, 0.6) is 0 Å². The smallest absolute Gasteiger partial charge is 0.216 e. The third-order valence-electron chi connectivity index (χ3n) is 3.66. The van der Waals surface area contributed by atoms with Crippen molar-refractivity contribution in [2.75, 3.05) is 46.8 Å². The Morgan fingerprint density at radius 3 is 2.41 bits per heavy atom. The Balaban J connectivity index is 1.99. The van der Waals surface area contributed by atoms with Crippen LogP contribution in [-0.2, 0) is 0 Å². The first-order chi connectivity index (χ1) is 8.09. The predicted octanol–water partition coefficient (Wildman–Crippen LogP) is 1.26. The molecular formula is C14H21N2O+. The van der Waals surface area contributed by atoms with Crippen molar-refractivity contribution in [3.63, 3.8) is 0 Å². The first kappa shape index (κ1) is 12.3. The van der Waals surface area contributed by atoms with Gasteiger partial charge in [-0.15, -0.1) is 0 Å². The number of rotatable bonds is 3. The molecule has 0 bridgehead atoms. The van der Waals surface area contributed by atoms with Crippen molar-refractivity contribution in [3.05, 3.63) is 35.9 Å². The quantitative estimate of drug-likeness (QED) is 0.579. The number of benzene rings is 1. The van der Waals surface area contributed by atoms with Gasteiger partial charge in [-0.1, -0.05) is 30.3 Å². The maximum Gasteiger partial charge on any atom is 0.216 e. The highest BCUT2D eigenvalue weighted by atomic mass is 16.1. The Hall–Kier alpha value is -1.19. The zero-order valence-corrected chi connectivity index (χ0v) is 10.7. The van der Waals surface area contributed by atoms with Crippen molar-refractivity contribution in [2.45, 2.75) is 0 Å². The molecule has 1 saturated heterocycles. The Morgan fingerprint density at radius 2 is 1.82 bits per heavy atom. The molecule has 0 spiro atoms. The van der Waals surface area contributed by atoms with Crippen molar-refractivity contribution < 1.29 is 9.28 Å². The molecule has 1 aromatic carbocycles. The molecule has 2 rings (SSSR count). The average Bonchev–Trinajstić information content (AvgIpc) is 2.34. The Kier molecular flexibility index (Phi) is 3.60. The minimum Gasteiger partial charge on any atom is -0.317 e. The van der Waals surface area contributed by atoms with Crippen molar-refractivity contribution in [1.29, 1.82) is 0 Å². The van der Waals surface area contributed by atoms with Crippen molar-refractivity contribution in [3.8, 4) is 0 Å². The second kappa shape index (κ2) is 4.98. The molecule has 1 aliphatic heterocycles. The third-order valence-corrected chi connectivity index (χ3v) is 3.66. The van der Waals surface area contributed by atoms with E-state index in [9.17, 15) is 4.79 Å². The van der Waals surface area contributed by atoms with Crippen LogP contribution >= 0.6 is 0 Å². The molecule has 0 aliphatic carbocycles. The Labute approximate surface area is 103 Å². The number of carbonyl (C=O) groups is 1. The molecule has 0 amide bonds. The lowest BCUT2D eigenvalue weighted by molar-refractivity contribution is -0.905. The first-order valence-corrected chi connectivity index (χ1v) is 6.19. The number of hydrogen-bond acceptors (Lipinski definition) is 2. The van der Waals surface area contributed by atoms with E-state index in [0.29, 0.717) is 6.54 Å². The first-order valence-electron chi connectivity index (χ1n) is 6.19. The summed E-state index contributed by atoms with van der Waals surface area (Å²) in [4.78, 5) is 14.5. The van der Waals surface area contributed by atoms with Gasteiger partial charge in [0.15, 0.2) is 0 Å². The summed E-state index contributed by atoms with van der Waals surface area (Å²) in [5, 5.41) is 0. The fraction of sp³-hybridized carbons (Fsp3) is 0.500. The van der Waals surface area contributed by atoms with Gasteiger partial charge in [0.1, 0.15) is 6.54 Å². The van der Waals surface area contributed by atoms with Gasteiger partial charge >= 0.3 is 0 Å². The number of quaternary nitrogens is 1. The van der Waals surface area contributed by atoms with E-state index >= 15 is 0 Å². The van der Waals surface area contributed by atoms with Crippen LogP contribution < -0.4 is 0 Å². The highest BCUT2D eigenvalue weighted by Crippen LogP contribution is 2.11. The minimum atomic E-state index is 0.262. The van der Waals surface area contributed by atoms with E-state index in [4.69, 9.17) is 0 Å². The molecule has 17 heavy (non-hydrogen) atoms. The highest BCUT2D eigenvalue weighted by molar-refractivity contribution is 5.96. The molecule has 0 atom stereocenters. The fourth-order valence-electron chi connectivity index (χ4n) is 2.27. The number of piperazine rings is 1. The lowest BCUT2D eigenvalue weighted by Crippen LogP contribution is -2.58. The second-order valence-corrected chi connectivity index (χ2v) is 5.32. The summed E-state index contributed by atoms with van der Waals surface area (Å²) in [6.45, 7) is 4.92. The van der Waals surface area contributed by atoms with Gasteiger partial charge in [0.05, 0.1) is 20.1 Å². The van der Waals surface area contributed by atoms with Crippen LogP contribution in [-0.4, -0.2) is 62.0 Å². The molecule has 3 heteroatoms. The molecule has 1 aliphatic rings. The maximum atomic E-state index is 12.2. The summed E-state index contributed by atoms with van der Waals surface area (Å²) >= 11 is 0. The van der Waals surface area contributed by atoms with E-state index in [-0.39, 0.29) is 5.78 Å². The zero-order valence-electron chi connectivity index (χ0n) is 10.7. The summed E-state index contributed by atoms with van der Waals surface area (Å²) in [6, 6.07) is 9.62. The molecule has 0 radical (unpaired) electrons. The van der Waals surface area contributed by atoms with Crippen LogP contribution in [0.25, 0.3) is 0 Å². The summed E-state index contributed by atoms with van der Waals surface area (Å²) in [6.07, 6.45) is 0. The van der Waals surface area contributed by atoms with Gasteiger partial charge in [-0.05, 0) is 7.05 Å². The third kappa shape index (κ3) is 3.14. The summed E-state index contributed by atoms with van der Waals surface area (Å²) in [5.74, 6) is 0.262. The Bertz CT molecular complexity index is 380. The van der Waals surface area contributed by atoms with Crippen LogP contribution in [0.3, 0.4) is 0 Å². The van der Waals surface area contributed by atoms with Crippen LogP contribution in [0.15, 0.2) is 30.3 Å². The second-order valence-electron chi connectivity index (χ2n) is 5.32. The lowest BCUT2D eigenvalue weighted by Gasteiger charge is -2.40. The Morgan fingerprint density at radius 1 is 1.24 bits per heavy atom. The van der Waals surface area contributed by atoms with Crippen LogP contribution in [0.1, 0.15) is 10.4 Å². The summed E-state index contributed by atoms with van der Waals surface area (Å²) in [7, 11) is 4.33. The normalized spacial score (nSPS) is 20.1. The predicted molar refractivity (Wildman–Crippen MR) is 69.1 cm³/mol. The van der Waals surface area contributed by atoms with Gasteiger partial charge in [0.2, 0.25) is 5.78 Å². The molecule has 0 unspecified atom stereocenters. The lowest BCUT2D eigenvalue weighted by atomic mass is 10.1. The van der Waals surface area contributed by atoms with E-state index in [0.717, 1.165) is 36.2 Å². The molecular weight excluding hydrogens is 212 g/mol. The molecule has 0 N–H and O–H groups in total. The molecule has 0 aromatic heterocycles. The van der Waals surface area contributed by atoms with Crippen LogP contribution in [0.4, 0.5) is 0 Å². The largest absolute Gasteiger partial charge is 0.317 e. The zero-order chi connectivity index (χ0) is 12.3. The van der Waals surface area contributed by atoms with E-state index in [1.54, 1.807) is 0 Å².